The summed E-state index contributed by atoms with van der Waals surface area (Å²) in [7, 11) is 0. The second-order valence-electron chi connectivity index (χ2n) is 5.53. The number of hydrogen-bond acceptors (Lipinski definition) is 4. The van der Waals surface area contributed by atoms with Crippen molar-refractivity contribution in [3.8, 4) is 0 Å². The Hall–Kier alpha value is -2.49. The Bertz CT molecular complexity index is 639. The number of hydrogen-bond donors (Lipinski definition) is 2. The van der Waals surface area contributed by atoms with Gasteiger partial charge in [-0.1, -0.05) is 30.3 Å². The van der Waals surface area contributed by atoms with E-state index in [1.165, 1.54) is 5.56 Å². The smallest absolute Gasteiger partial charge is 0.338 e. The van der Waals surface area contributed by atoms with Crippen LogP contribution >= 0.6 is 0 Å². The molecule has 0 heterocycles. The molecule has 1 atom stereocenters. The first-order chi connectivity index (χ1) is 10.5. The Balaban J connectivity index is 2.11. The zero-order valence-corrected chi connectivity index (χ0v) is 13.2. The summed E-state index contributed by atoms with van der Waals surface area (Å²) in [6.07, 6.45) is -0.148. The average molecular weight is 298 g/mol. The van der Waals surface area contributed by atoms with E-state index in [0.29, 0.717) is 11.3 Å². The molecule has 0 aliphatic carbocycles. The third-order valence-electron chi connectivity index (χ3n) is 3.30. The molecule has 0 spiro atoms. The van der Waals surface area contributed by atoms with Crippen LogP contribution in [-0.4, -0.2) is 12.1 Å². The van der Waals surface area contributed by atoms with Gasteiger partial charge in [0.05, 0.1) is 23.0 Å². The number of nitrogens with two attached hydrogens (primary N) is 1. The minimum atomic E-state index is -0.357. The van der Waals surface area contributed by atoms with Gasteiger partial charge in [-0.3, -0.25) is 0 Å². The number of rotatable bonds is 5. The van der Waals surface area contributed by atoms with Gasteiger partial charge in [-0.15, -0.1) is 0 Å². The Morgan fingerprint density at radius 1 is 1.09 bits per heavy atom. The van der Waals surface area contributed by atoms with Crippen LogP contribution in [-0.2, 0) is 4.74 Å². The fourth-order valence-corrected chi connectivity index (χ4v) is 2.16. The molecule has 0 aromatic heterocycles. The van der Waals surface area contributed by atoms with Crippen LogP contribution in [0.2, 0.25) is 0 Å². The van der Waals surface area contributed by atoms with E-state index in [9.17, 15) is 4.79 Å². The Morgan fingerprint density at radius 2 is 1.77 bits per heavy atom. The fourth-order valence-electron chi connectivity index (χ4n) is 2.16. The van der Waals surface area contributed by atoms with E-state index in [2.05, 4.69) is 24.4 Å². The molecule has 116 valence electrons. The molecular weight excluding hydrogens is 276 g/mol. The SMILES string of the molecule is CC(C)OC(=O)c1ccc(NC(C)c2ccccc2)c(N)c1. The van der Waals surface area contributed by atoms with Gasteiger partial charge in [-0.2, -0.15) is 0 Å². The second kappa shape index (κ2) is 6.98. The van der Waals surface area contributed by atoms with Crippen molar-refractivity contribution in [1.29, 1.82) is 0 Å². The van der Waals surface area contributed by atoms with E-state index in [-0.39, 0.29) is 18.1 Å². The number of anilines is 2. The summed E-state index contributed by atoms with van der Waals surface area (Å²) in [6, 6.07) is 15.4. The minimum absolute atomic E-state index is 0.122. The van der Waals surface area contributed by atoms with Gasteiger partial charge < -0.3 is 15.8 Å². The molecule has 2 aromatic rings. The van der Waals surface area contributed by atoms with Crippen molar-refractivity contribution in [2.24, 2.45) is 0 Å². The summed E-state index contributed by atoms with van der Waals surface area (Å²) >= 11 is 0. The lowest BCUT2D eigenvalue weighted by Gasteiger charge is -2.18. The van der Waals surface area contributed by atoms with E-state index in [0.717, 1.165) is 5.69 Å². The van der Waals surface area contributed by atoms with Crippen LogP contribution in [0, 0.1) is 0 Å². The van der Waals surface area contributed by atoms with Crippen LogP contribution in [0.4, 0.5) is 11.4 Å². The van der Waals surface area contributed by atoms with Gasteiger partial charge >= 0.3 is 5.97 Å². The zero-order chi connectivity index (χ0) is 16.1. The number of benzene rings is 2. The highest BCUT2D eigenvalue weighted by Gasteiger charge is 2.12. The molecule has 3 N–H and O–H groups in total. The molecule has 1 unspecified atom stereocenters. The van der Waals surface area contributed by atoms with Crippen LogP contribution in [0.1, 0.15) is 42.7 Å². The van der Waals surface area contributed by atoms with Gasteiger partial charge in [0.15, 0.2) is 0 Å². The molecule has 0 saturated carbocycles. The molecular formula is C18H22N2O2. The van der Waals surface area contributed by atoms with Crippen molar-refractivity contribution >= 4 is 17.3 Å². The highest BCUT2D eigenvalue weighted by atomic mass is 16.5. The normalized spacial score (nSPS) is 12.0. The first-order valence-electron chi connectivity index (χ1n) is 7.39. The standard InChI is InChI=1S/C18H22N2O2/c1-12(2)22-18(21)15-9-10-17(16(19)11-15)20-13(3)14-7-5-4-6-8-14/h4-13,20H,19H2,1-3H3. The topological polar surface area (TPSA) is 64.3 Å². The first kappa shape index (κ1) is 15.9. The summed E-state index contributed by atoms with van der Waals surface area (Å²) in [5, 5.41) is 3.36. The van der Waals surface area contributed by atoms with Gasteiger partial charge in [-0.25, -0.2) is 4.79 Å². The van der Waals surface area contributed by atoms with E-state index < -0.39 is 0 Å². The molecule has 4 nitrogen and oxygen atoms in total. The molecule has 22 heavy (non-hydrogen) atoms. The maximum atomic E-state index is 11.9. The number of carbonyl (C=O) groups is 1. The zero-order valence-electron chi connectivity index (χ0n) is 13.2. The van der Waals surface area contributed by atoms with Crippen molar-refractivity contribution in [1.82, 2.24) is 0 Å². The van der Waals surface area contributed by atoms with E-state index in [1.807, 2.05) is 38.1 Å². The van der Waals surface area contributed by atoms with E-state index in [1.54, 1.807) is 12.1 Å². The van der Waals surface area contributed by atoms with Crippen molar-refractivity contribution in [2.45, 2.75) is 32.9 Å². The summed E-state index contributed by atoms with van der Waals surface area (Å²) in [4.78, 5) is 11.9. The summed E-state index contributed by atoms with van der Waals surface area (Å²) < 4.78 is 5.17. The molecule has 0 aliphatic heterocycles. The van der Waals surface area contributed by atoms with Crippen molar-refractivity contribution < 1.29 is 9.53 Å². The second-order valence-corrected chi connectivity index (χ2v) is 5.53. The maximum Gasteiger partial charge on any atom is 0.338 e. The molecule has 2 aromatic carbocycles. The molecule has 0 amide bonds. The quantitative estimate of drug-likeness (QED) is 0.646. The lowest BCUT2D eigenvalue weighted by atomic mass is 10.1. The molecule has 0 fully saturated rings. The van der Waals surface area contributed by atoms with Crippen LogP contribution in [0.3, 0.4) is 0 Å². The molecule has 0 saturated heterocycles. The van der Waals surface area contributed by atoms with Crippen LogP contribution in [0.25, 0.3) is 0 Å². The number of esters is 1. The minimum Gasteiger partial charge on any atom is -0.459 e. The molecule has 4 heteroatoms. The molecule has 0 aliphatic rings. The number of ether oxygens (including phenoxy) is 1. The summed E-state index contributed by atoms with van der Waals surface area (Å²) in [6.45, 7) is 5.70. The highest BCUT2D eigenvalue weighted by molar-refractivity contribution is 5.92. The van der Waals surface area contributed by atoms with Crippen LogP contribution in [0.15, 0.2) is 48.5 Å². The van der Waals surface area contributed by atoms with Crippen molar-refractivity contribution in [2.75, 3.05) is 11.1 Å². The predicted octanol–water partition coefficient (Wildman–Crippen LogP) is 4.01. The monoisotopic (exact) mass is 298 g/mol. The third-order valence-corrected chi connectivity index (χ3v) is 3.30. The fraction of sp³-hybridized carbons (Fsp3) is 0.278. The van der Waals surface area contributed by atoms with Gasteiger partial charge in [0, 0.05) is 6.04 Å². The van der Waals surface area contributed by atoms with Gasteiger partial charge in [0.1, 0.15) is 0 Å². The third kappa shape index (κ3) is 4.01. The Morgan fingerprint density at radius 3 is 2.36 bits per heavy atom. The number of nitrogens with one attached hydrogen (secondary N) is 1. The van der Waals surface area contributed by atoms with Crippen molar-refractivity contribution in [3.05, 3.63) is 59.7 Å². The van der Waals surface area contributed by atoms with Crippen molar-refractivity contribution in [3.63, 3.8) is 0 Å². The van der Waals surface area contributed by atoms with E-state index in [4.69, 9.17) is 10.5 Å². The van der Waals surface area contributed by atoms with Gasteiger partial charge in [0.2, 0.25) is 0 Å². The van der Waals surface area contributed by atoms with Crippen LogP contribution in [0.5, 0.6) is 0 Å². The molecule has 0 bridgehead atoms. The Labute approximate surface area is 131 Å². The predicted molar refractivity (Wildman–Crippen MR) is 89.9 cm³/mol. The van der Waals surface area contributed by atoms with Gasteiger partial charge in [-0.05, 0) is 44.5 Å². The summed E-state index contributed by atoms with van der Waals surface area (Å²) in [5.41, 5.74) is 9.01. The molecule has 0 radical (unpaired) electrons. The Kier molecular flexibility index (Phi) is 5.04. The highest BCUT2D eigenvalue weighted by Crippen LogP contribution is 2.25. The number of carbonyl (C=O) groups excluding carboxylic acids is 1. The lowest BCUT2D eigenvalue weighted by Crippen LogP contribution is -2.13. The number of nitrogen functional groups attached to an aromatic ring is 1. The van der Waals surface area contributed by atoms with Gasteiger partial charge in [0.25, 0.3) is 0 Å². The van der Waals surface area contributed by atoms with E-state index >= 15 is 0 Å². The summed E-state index contributed by atoms with van der Waals surface area (Å²) in [5.74, 6) is -0.357. The van der Waals surface area contributed by atoms with Crippen LogP contribution < -0.4 is 11.1 Å². The maximum absolute atomic E-state index is 11.9. The lowest BCUT2D eigenvalue weighted by molar-refractivity contribution is 0.0378. The average Bonchev–Trinajstić information content (AvgIpc) is 2.49. The molecule has 2 rings (SSSR count). The first-order valence-corrected chi connectivity index (χ1v) is 7.39. The largest absolute Gasteiger partial charge is 0.459 e.